The molecule has 3 heterocycles. The van der Waals surface area contributed by atoms with E-state index >= 15 is 0 Å². The molecule has 0 atom stereocenters. The van der Waals surface area contributed by atoms with Crippen molar-refractivity contribution in [3.8, 4) is 5.75 Å². The molecule has 0 radical (unpaired) electrons. The van der Waals surface area contributed by atoms with Gasteiger partial charge in [0.2, 0.25) is 0 Å². The quantitative estimate of drug-likeness (QED) is 0.691. The van der Waals surface area contributed by atoms with E-state index in [1.54, 1.807) is 25.5 Å². The van der Waals surface area contributed by atoms with Gasteiger partial charge >= 0.3 is 5.69 Å². The van der Waals surface area contributed by atoms with Crippen LogP contribution in [0.25, 0.3) is 10.2 Å². The minimum absolute atomic E-state index is 0.0371. The van der Waals surface area contributed by atoms with Crippen LogP contribution in [0.1, 0.15) is 43.5 Å². The van der Waals surface area contributed by atoms with Gasteiger partial charge in [0, 0.05) is 38.2 Å². The molecule has 1 aromatic carbocycles. The predicted molar refractivity (Wildman–Crippen MR) is 106 cm³/mol. The maximum absolute atomic E-state index is 12.4. The Morgan fingerprint density at radius 2 is 1.96 bits per heavy atom. The minimum atomic E-state index is 0.0371. The molecule has 0 bridgehead atoms. The van der Waals surface area contributed by atoms with Crippen LogP contribution in [0, 0.1) is 0 Å². The van der Waals surface area contributed by atoms with E-state index in [2.05, 4.69) is 16.1 Å². The molecule has 8 heteroatoms. The van der Waals surface area contributed by atoms with Crippen LogP contribution in [0.2, 0.25) is 0 Å². The lowest BCUT2D eigenvalue weighted by atomic mass is 9.96. The number of benzene rings is 1. The zero-order valence-corrected chi connectivity index (χ0v) is 16.4. The molecular weight excluding hydrogens is 362 g/mol. The number of piperidine rings is 1. The molecule has 0 amide bonds. The van der Waals surface area contributed by atoms with Gasteiger partial charge in [-0.1, -0.05) is 11.3 Å². The molecule has 142 valence electrons. The third kappa shape index (κ3) is 2.92. The molecule has 0 spiro atoms. The lowest BCUT2D eigenvalue weighted by Crippen LogP contribution is -2.34. The normalized spacial score (nSPS) is 18.4. The molecule has 1 aliphatic heterocycles. The van der Waals surface area contributed by atoms with Gasteiger partial charge < -0.3 is 9.64 Å². The van der Waals surface area contributed by atoms with Gasteiger partial charge in [-0.25, -0.2) is 14.5 Å². The van der Waals surface area contributed by atoms with Crippen molar-refractivity contribution in [3.63, 3.8) is 0 Å². The van der Waals surface area contributed by atoms with Crippen molar-refractivity contribution >= 4 is 26.7 Å². The first-order chi connectivity index (χ1) is 13.1. The van der Waals surface area contributed by atoms with Gasteiger partial charge in [-0.05, 0) is 37.8 Å². The Labute approximate surface area is 161 Å². The second-order valence-electron chi connectivity index (χ2n) is 7.46. The fraction of sp³-hybridized carbons (Fsp3) is 0.526. The summed E-state index contributed by atoms with van der Waals surface area (Å²) < 4.78 is 9.93. The van der Waals surface area contributed by atoms with E-state index in [4.69, 9.17) is 9.72 Å². The summed E-state index contributed by atoms with van der Waals surface area (Å²) in [5.41, 5.74) is 1.03. The molecule has 1 saturated carbocycles. The zero-order valence-electron chi connectivity index (χ0n) is 15.6. The van der Waals surface area contributed by atoms with Gasteiger partial charge in [0.05, 0.1) is 17.3 Å². The summed E-state index contributed by atoms with van der Waals surface area (Å²) in [7, 11) is 3.44. The topological polar surface area (TPSA) is 65.2 Å². The second-order valence-corrected chi connectivity index (χ2v) is 8.47. The molecule has 27 heavy (non-hydrogen) atoms. The third-order valence-corrected chi connectivity index (χ3v) is 6.71. The molecule has 7 nitrogen and oxygen atoms in total. The fourth-order valence-corrected chi connectivity index (χ4v) is 4.94. The fourth-order valence-electron chi connectivity index (χ4n) is 3.94. The highest BCUT2D eigenvalue weighted by Crippen LogP contribution is 2.39. The number of methoxy groups -OCH3 is 1. The Kier molecular flexibility index (Phi) is 3.96. The van der Waals surface area contributed by atoms with Gasteiger partial charge in [0.15, 0.2) is 5.13 Å². The van der Waals surface area contributed by atoms with E-state index in [0.29, 0.717) is 12.0 Å². The van der Waals surface area contributed by atoms with Crippen LogP contribution in [0.4, 0.5) is 5.13 Å². The van der Waals surface area contributed by atoms with Crippen molar-refractivity contribution in [1.29, 1.82) is 0 Å². The van der Waals surface area contributed by atoms with E-state index in [1.807, 2.05) is 16.7 Å². The average molecular weight is 385 g/mol. The Bertz CT molecular complexity index is 1040. The molecular formula is C19H23N5O2S. The average Bonchev–Trinajstić information content (AvgIpc) is 3.36. The largest absolute Gasteiger partial charge is 0.497 e. The standard InChI is InChI=1S/C19H23N5O2S/c1-22-19(25)24(13-3-4-13)17(21-22)12-7-9-23(10-8-12)18-20-15-11-14(26-2)5-6-16(15)27-18/h5-6,11-13H,3-4,7-10H2,1-2H3. The smallest absolute Gasteiger partial charge is 0.345 e. The van der Waals surface area contributed by atoms with Crippen LogP contribution in [0.5, 0.6) is 5.75 Å². The van der Waals surface area contributed by atoms with Gasteiger partial charge in [0.1, 0.15) is 11.6 Å². The van der Waals surface area contributed by atoms with Crippen LogP contribution in [-0.2, 0) is 7.05 Å². The third-order valence-electron chi connectivity index (χ3n) is 5.61. The summed E-state index contributed by atoms with van der Waals surface area (Å²) in [6, 6.07) is 6.42. The van der Waals surface area contributed by atoms with Crippen LogP contribution in [0.15, 0.2) is 23.0 Å². The lowest BCUT2D eigenvalue weighted by Gasteiger charge is -2.31. The first-order valence-corrected chi connectivity index (χ1v) is 10.3. The number of anilines is 1. The number of aryl methyl sites for hydroxylation is 1. The number of aromatic nitrogens is 4. The molecule has 0 unspecified atom stereocenters. The Morgan fingerprint density at radius 1 is 1.19 bits per heavy atom. The highest BCUT2D eigenvalue weighted by molar-refractivity contribution is 7.22. The number of ether oxygens (including phenoxy) is 1. The summed E-state index contributed by atoms with van der Waals surface area (Å²) >= 11 is 1.73. The Hall–Kier alpha value is -2.35. The van der Waals surface area contributed by atoms with Gasteiger partial charge in [-0.2, -0.15) is 5.10 Å². The van der Waals surface area contributed by atoms with Crippen LogP contribution < -0.4 is 15.3 Å². The number of hydrogen-bond acceptors (Lipinski definition) is 6. The van der Waals surface area contributed by atoms with E-state index in [1.165, 1.54) is 9.38 Å². The predicted octanol–water partition coefficient (Wildman–Crippen LogP) is 2.92. The number of rotatable bonds is 4. The molecule has 1 aliphatic carbocycles. The van der Waals surface area contributed by atoms with Crippen molar-refractivity contribution in [3.05, 3.63) is 34.5 Å². The zero-order chi connectivity index (χ0) is 18.5. The summed E-state index contributed by atoms with van der Waals surface area (Å²) in [5, 5.41) is 5.64. The maximum Gasteiger partial charge on any atom is 0.345 e. The minimum Gasteiger partial charge on any atom is -0.497 e. The van der Waals surface area contributed by atoms with Crippen molar-refractivity contribution in [1.82, 2.24) is 19.3 Å². The summed E-state index contributed by atoms with van der Waals surface area (Å²) in [5.74, 6) is 2.18. The number of fused-ring (bicyclic) bond motifs is 1. The van der Waals surface area contributed by atoms with Gasteiger partial charge in [-0.15, -0.1) is 0 Å². The molecule has 3 aromatic rings. The number of nitrogens with zero attached hydrogens (tertiary/aromatic N) is 5. The molecule has 2 aromatic heterocycles. The van der Waals surface area contributed by atoms with E-state index in [-0.39, 0.29) is 5.69 Å². The first kappa shape index (κ1) is 16.8. The number of thiazole rings is 1. The van der Waals surface area contributed by atoms with Gasteiger partial charge in [0.25, 0.3) is 0 Å². The van der Waals surface area contributed by atoms with Crippen LogP contribution >= 0.6 is 11.3 Å². The van der Waals surface area contributed by atoms with Crippen molar-refractivity contribution in [2.24, 2.45) is 7.05 Å². The second kappa shape index (κ2) is 6.37. The van der Waals surface area contributed by atoms with E-state index < -0.39 is 0 Å². The monoisotopic (exact) mass is 385 g/mol. The summed E-state index contributed by atoms with van der Waals surface area (Å²) in [6.07, 6.45) is 4.21. The molecule has 0 N–H and O–H groups in total. The highest BCUT2D eigenvalue weighted by Gasteiger charge is 2.33. The molecule has 1 saturated heterocycles. The maximum atomic E-state index is 12.4. The SMILES string of the molecule is COc1ccc2sc(N3CCC(c4nn(C)c(=O)n4C4CC4)CC3)nc2c1. The van der Waals surface area contributed by atoms with Crippen molar-refractivity contribution in [2.75, 3.05) is 25.1 Å². The molecule has 5 rings (SSSR count). The molecule has 2 aliphatic rings. The van der Waals surface area contributed by atoms with Crippen molar-refractivity contribution < 1.29 is 4.74 Å². The van der Waals surface area contributed by atoms with E-state index in [9.17, 15) is 4.79 Å². The van der Waals surface area contributed by atoms with E-state index in [0.717, 1.165) is 61.0 Å². The van der Waals surface area contributed by atoms with Crippen molar-refractivity contribution in [2.45, 2.75) is 37.6 Å². The Morgan fingerprint density at radius 3 is 2.67 bits per heavy atom. The Balaban J connectivity index is 1.35. The van der Waals surface area contributed by atoms with Crippen LogP contribution in [0.3, 0.4) is 0 Å². The summed E-state index contributed by atoms with van der Waals surface area (Å²) in [6.45, 7) is 1.88. The van der Waals surface area contributed by atoms with Gasteiger partial charge in [-0.3, -0.25) is 4.57 Å². The molecule has 2 fully saturated rings. The lowest BCUT2D eigenvalue weighted by molar-refractivity contribution is 0.415. The summed E-state index contributed by atoms with van der Waals surface area (Å²) in [4.78, 5) is 19.5. The number of hydrogen-bond donors (Lipinski definition) is 0. The highest BCUT2D eigenvalue weighted by atomic mass is 32.1. The van der Waals surface area contributed by atoms with Crippen LogP contribution in [-0.4, -0.2) is 39.5 Å². The first-order valence-electron chi connectivity index (χ1n) is 9.49.